The van der Waals surface area contributed by atoms with Gasteiger partial charge in [-0.3, -0.25) is 0 Å². The van der Waals surface area contributed by atoms with E-state index in [2.05, 4.69) is 19.1 Å². The number of fused-ring (bicyclic) bond motifs is 2. The molecular formula is C16H17ClN2. The van der Waals surface area contributed by atoms with Crippen molar-refractivity contribution >= 4 is 34.2 Å². The molecule has 1 aromatic heterocycles. The molecule has 3 aromatic rings. The van der Waals surface area contributed by atoms with Crippen LogP contribution in [0.1, 0.15) is 24.9 Å². The number of hydrogen-bond donors (Lipinski definition) is 1. The second kappa shape index (κ2) is 5.55. The highest BCUT2D eigenvalue weighted by molar-refractivity contribution is 5.97. The second-order valence-corrected chi connectivity index (χ2v) is 4.57. The molecule has 0 fully saturated rings. The third kappa shape index (κ3) is 2.29. The third-order valence-electron chi connectivity index (χ3n) is 3.44. The van der Waals surface area contributed by atoms with Crippen molar-refractivity contribution in [2.75, 3.05) is 0 Å². The number of nitrogens with zero attached hydrogens (tertiary/aromatic N) is 1. The maximum absolute atomic E-state index is 6.30. The monoisotopic (exact) mass is 272 g/mol. The number of pyridine rings is 1. The Kier molecular flexibility index (Phi) is 4.03. The quantitative estimate of drug-likeness (QED) is 0.710. The Bertz CT molecular complexity index is 655. The summed E-state index contributed by atoms with van der Waals surface area (Å²) in [6.07, 6.45) is 0.929. The molecule has 0 aliphatic rings. The van der Waals surface area contributed by atoms with Crippen molar-refractivity contribution in [1.29, 1.82) is 0 Å². The topological polar surface area (TPSA) is 38.9 Å². The van der Waals surface area contributed by atoms with Crippen molar-refractivity contribution in [3.63, 3.8) is 0 Å². The van der Waals surface area contributed by atoms with Crippen molar-refractivity contribution in [2.45, 2.75) is 19.4 Å². The first-order chi connectivity index (χ1) is 8.81. The van der Waals surface area contributed by atoms with Crippen molar-refractivity contribution in [3.8, 4) is 0 Å². The second-order valence-electron chi connectivity index (χ2n) is 4.57. The van der Waals surface area contributed by atoms with Gasteiger partial charge in [-0.1, -0.05) is 43.3 Å². The molecule has 1 atom stereocenters. The molecule has 0 aliphatic heterocycles. The molecule has 3 heteroatoms. The van der Waals surface area contributed by atoms with E-state index in [1.54, 1.807) is 0 Å². The van der Waals surface area contributed by atoms with Gasteiger partial charge in [0.15, 0.2) is 0 Å². The zero-order valence-corrected chi connectivity index (χ0v) is 11.7. The molecule has 0 aliphatic carbocycles. The van der Waals surface area contributed by atoms with Gasteiger partial charge in [0.2, 0.25) is 0 Å². The molecule has 2 N–H and O–H groups in total. The van der Waals surface area contributed by atoms with Crippen LogP contribution in [0.4, 0.5) is 0 Å². The van der Waals surface area contributed by atoms with Crippen LogP contribution in [-0.4, -0.2) is 4.98 Å². The molecule has 0 spiro atoms. The maximum Gasteiger partial charge on any atom is 0.0713 e. The smallest absolute Gasteiger partial charge is 0.0713 e. The van der Waals surface area contributed by atoms with E-state index in [4.69, 9.17) is 10.7 Å². The normalized spacial score (nSPS) is 12.3. The van der Waals surface area contributed by atoms with E-state index >= 15 is 0 Å². The minimum atomic E-state index is 0. The molecule has 1 unspecified atom stereocenters. The highest BCUT2D eigenvalue weighted by Gasteiger charge is 2.13. The fourth-order valence-corrected chi connectivity index (χ4v) is 2.48. The van der Waals surface area contributed by atoms with Crippen LogP contribution in [0.2, 0.25) is 0 Å². The molecule has 0 saturated heterocycles. The Labute approximate surface area is 119 Å². The van der Waals surface area contributed by atoms with Gasteiger partial charge < -0.3 is 5.73 Å². The predicted octanol–water partition coefficient (Wildman–Crippen LogP) is 4.22. The van der Waals surface area contributed by atoms with Crippen LogP contribution in [-0.2, 0) is 0 Å². The van der Waals surface area contributed by atoms with E-state index in [9.17, 15) is 0 Å². The molecule has 19 heavy (non-hydrogen) atoms. The van der Waals surface area contributed by atoms with E-state index in [1.807, 2.05) is 36.4 Å². The predicted molar refractivity (Wildman–Crippen MR) is 83.7 cm³/mol. The summed E-state index contributed by atoms with van der Waals surface area (Å²) < 4.78 is 0. The molecule has 0 amide bonds. The van der Waals surface area contributed by atoms with Crippen LogP contribution in [0.15, 0.2) is 48.5 Å². The lowest BCUT2D eigenvalue weighted by molar-refractivity contribution is 0.709. The molecule has 98 valence electrons. The fraction of sp³-hybridized carbons (Fsp3) is 0.188. The molecule has 0 bridgehead atoms. The van der Waals surface area contributed by atoms with Gasteiger partial charge in [-0.2, -0.15) is 0 Å². The highest BCUT2D eigenvalue weighted by Crippen LogP contribution is 2.30. The summed E-state index contributed by atoms with van der Waals surface area (Å²) in [4.78, 5) is 4.70. The fourth-order valence-electron chi connectivity index (χ4n) is 2.48. The lowest BCUT2D eigenvalue weighted by Gasteiger charge is -2.15. The van der Waals surface area contributed by atoms with Crippen molar-refractivity contribution in [1.82, 2.24) is 4.98 Å². The van der Waals surface area contributed by atoms with E-state index in [0.717, 1.165) is 17.5 Å². The number of benzene rings is 2. The van der Waals surface area contributed by atoms with Crippen molar-refractivity contribution < 1.29 is 0 Å². The largest absolute Gasteiger partial charge is 0.324 e. The minimum absolute atomic E-state index is 0. The summed E-state index contributed by atoms with van der Waals surface area (Å²) in [5, 5.41) is 2.34. The van der Waals surface area contributed by atoms with Gasteiger partial charge in [-0.15, -0.1) is 12.4 Å². The van der Waals surface area contributed by atoms with Crippen LogP contribution < -0.4 is 5.73 Å². The zero-order valence-electron chi connectivity index (χ0n) is 10.8. The standard InChI is InChI=1S/C16H16N2.ClH/c1-2-13(17)16-11-7-3-5-9-14(11)18-15-10-6-4-8-12(15)16;/h3-10,13H,2,17H2,1H3;1H. The first kappa shape index (κ1) is 13.8. The minimum Gasteiger partial charge on any atom is -0.324 e. The summed E-state index contributed by atoms with van der Waals surface area (Å²) in [5.74, 6) is 0. The molecule has 2 nitrogen and oxygen atoms in total. The number of halogens is 1. The summed E-state index contributed by atoms with van der Waals surface area (Å²) in [6, 6.07) is 16.5. The number of nitrogens with two attached hydrogens (primary N) is 1. The average Bonchev–Trinajstić information content (AvgIpc) is 2.44. The zero-order chi connectivity index (χ0) is 12.5. The molecule has 3 rings (SSSR count). The summed E-state index contributed by atoms with van der Waals surface area (Å²) >= 11 is 0. The van der Waals surface area contributed by atoms with Gasteiger partial charge in [0.1, 0.15) is 0 Å². The Morgan fingerprint density at radius 1 is 0.947 bits per heavy atom. The number of para-hydroxylation sites is 2. The van der Waals surface area contributed by atoms with E-state index < -0.39 is 0 Å². The number of hydrogen-bond acceptors (Lipinski definition) is 2. The Hall–Kier alpha value is -1.64. The van der Waals surface area contributed by atoms with Crippen LogP contribution in [0.5, 0.6) is 0 Å². The van der Waals surface area contributed by atoms with Crippen LogP contribution in [0.25, 0.3) is 21.8 Å². The van der Waals surface area contributed by atoms with Gasteiger partial charge in [0.05, 0.1) is 11.0 Å². The average molecular weight is 273 g/mol. The van der Waals surface area contributed by atoms with Crippen molar-refractivity contribution in [2.24, 2.45) is 5.73 Å². The van der Waals surface area contributed by atoms with Crippen LogP contribution >= 0.6 is 12.4 Å². The molecular weight excluding hydrogens is 256 g/mol. The lowest BCUT2D eigenvalue weighted by Crippen LogP contribution is -2.10. The maximum atomic E-state index is 6.30. The summed E-state index contributed by atoms with van der Waals surface area (Å²) in [6.45, 7) is 2.12. The van der Waals surface area contributed by atoms with Crippen molar-refractivity contribution in [3.05, 3.63) is 54.1 Å². The molecule has 0 radical (unpaired) electrons. The van der Waals surface area contributed by atoms with Gasteiger partial charge in [0, 0.05) is 16.8 Å². The van der Waals surface area contributed by atoms with Gasteiger partial charge in [0.25, 0.3) is 0 Å². The summed E-state index contributed by atoms with van der Waals surface area (Å²) in [7, 11) is 0. The van der Waals surface area contributed by atoms with Crippen LogP contribution in [0, 0.1) is 0 Å². The first-order valence-corrected chi connectivity index (χ1v) is 6.34. The molecule has 1 heterocycles. The SMILES string of the molecule is CCC(N)c1c2ccccc2nc2ccccc12.Cl. The number of aromatic nitrogens is 1. The van der Waals surface area contributed by atoms with Crippen LogP contribution in [0.3, 0.4) is 0 Å². The van der Waals surface area contributed by atoms with Gasteiger partial charge >= 0.3 is 0 Å². The summed E-state index contributed by atoms with van der Waals surface area (Å²) in [5.41, 5.74) is 9.57. The van der Waals surface area contributed by atoms with Gasteiger partial charge in [-0.05, 0) is 24.1 Å². The first-order valence-electron chi connectivity index (χ1n) is 6.34. The van der Waals surface area contributed by atoms with E-state index in [1.165, 1.54) is 16.3 Å². The Balaban J connectivity index is 0.00000133. The Morgan fingerprint density at radius 3 is 1.89 bits per heavy atom. The third-order valence-corrected chi connectivity index (χ3v) is 3.44. The van der Waals surface area contributed by atoms with E-state index in [-0.39, 0.29) is 18.4 Å². The van der Waals surface area contributed by atoms with E-state index in [0.29, 0.717) is 0 Å². The molecule has 0 saturated carbocycles. The highest BCUT2D eigenvalue weighted by atomic mass is 35.5. The lowest BCUT2D eigenvalue weighted by atomic mass is 9.96. The van der Waals surface area contributed by atoms with Gasteiger partial charge in [-0.25, -0.2) is 4.98 Å². The molecule has 2 aromatic carbocycles. The Morgan fingerprint density at radius 2 is 1.42 bits per heavy atom. The number of rotatable bonds is 2.